The van der Waals surface area contributed by atoms with Gasteiger partial charge in [-0.15, -0.1) is 0 Å². The molecule has 4 nitrogen and oxygen atoms in total. The van der Waals surface area contributed by atoms with Gasteiger partial charge in [0.05, 0.1) is 5.69 Å². The van der Waals surface area contributed by atoms with Crippen molar-refractivity contribution in [3.05, 3.63) is 22.7 Å². The Balaban J connectivity index is 3.02. The summed E-state index contributed by atoms with van der Waals surface area (Å²) >= 11 is 4.86. The van der Waals surface area contributed by atoms with Gasteiger partial charge in [0.15, 0.2) is 0 Å². The summed E-state index contributed by atoms with van der Waals surface area (Å²) in [7, 11) is -3.57. The monoisotopic (exact) mass is 352 g/mol. The average Bonchev–Trinajstić information content (AvgIpc) is 2.31. The van der Waals surface area contributed by atoms with E-state index in [9.17, 15) is 8.42 Å². The molecule has 3 N–H and O–H groups in total. The molecule has 102 valence electrons. The number of nitrogen functional groups attached to an aromatic ring is 1. The minimum Gasteiger partial charge on any atom is -0.398 e. The van der Waals surface area contributed by atoms with Gasteiger partial charge in [0, 0.05) is 16.3 Å². The Labute approximate surface area is 121 Å². The lowest BCUT2D eigenvalue weighted by Gasteiger charge is -2.17. The fourth-order valence-electron chi connectivity index (χ4n) is 1.46. The van der Waals surface area contributed by atoms with Crippen LogP contribution in [0.4, 0.5) is 5.69 Å². The van der Waals surface area contributed by atoms with Gasteiger partial charge in [-0.25, -0.2) is 13.1 Å². The molecule has 1 aromatic rings. The fraction of sp³-hybridized carbons (Fsp3) is 0.455. The summed E-state index contributed by atoms with van der Waals surface area (Å²) in [6.45, 7) is 1.95. The number of hydrogen-bond donors (Lipinski definition) is 2. The van der Waals surface area contributed by atoms with Crippen molar-refractivity contribution in [1.82, 2.24) is 4.72 Å². The van der Waals surface area contributed by atoms with Crippen molar-refractivity contribution in [3.8, 4) is 0 Å². The van der Waals surface area contributed by atoms with E-state index in [4.69, 9.17) is 5.73 Å². The minimum atomic E-state index is -3.57. The summed E-state index contributed by atoms with van der Waals surface area (Å²) in [6, 6.07) is 4.73. The van der Waals surface area contributed by atoms with Crippen molar-refractivity contribution >= 4 is 43.4 Å². The van der Waals surface area contributed by atoms with Crippen LogP contribution < -0.4 is 10.5 Å². The van der Waals surface area contributed by atoms with Gasteiger partial charge in [-0.3, -0.25) is 0 Å². The Hall–Kier alpha value is -0.240. The van der Waals surface area contributed by atoms with E-state index in [1.807, 2.05) is 13.2 Å². The lowest BCUT2D eigenvalue weighted by atomic mass is 10.3. The summed E-state index contributed by atoms with van der Waals surface area (Å²) in [5.74, 6) is 0.740. The normalized spacial score (nSPS) is 13.5. The molecule has 1 rings (SSSR count). The van der Waals surface area contributed by atoms with E-state index in [-0.39, 0.29) is 16.6 Å². The quantitative estimate of drug-likeness (QED) is 0.771. The van der Waals surface area contributed by atoms with Gasteiger partial charge in [-0.1, -0.05) is 22.9 Å². The number of benzene rings is 1. The highest BCUT2D eigenvalue weighted by molar-refractivity contribution is 9.10. The molecule has 0 fully saturated rings. The predicted octanol–water partition coefficient (Wildman–Crippen LogP) is 2.45. The van der Waals surface area contributed by atoms with Crippen LogP contribution in [0, 0.1) is 0 Å². The van der Waals surface area contributed by atoms with Crippen LogP contribution in [0.15, 0.2) is 27.6 Å². The van der Waals surface area contributed by atoms with E-state index in [1.54, 1.807) is 23.9 Å². The van der Waals surface area contributed by atoms with E-state index in [0.717, 1.165) is 12.2 Å². The van der Waals surface area contributed by atoms with Gasteiger partial charge < -0.3 is 5.73 Å². The number of nitrogens with one attached hydrogen (secondary N) is 1. The zero-order valence-corrected chi connectivity index (χ0v) is 13.5. The molecular weight excluding hydrogens is 336 g/mol. The first-order chi connectivity index (χ1) is 8.40. The number of sulfonamides is 1. The van der Waals surface area contributed by atoms with Crippen molar-refractivity contribution in [2.24, 2.45) is 0 Å². The third-order valence-electron chi connectivity index (χ3n) is 2.45. The molecule has 0 aliphatic heterocycles. The molecule has 0 bridgehead atoms. The van der Waals surface area contributed by atoms with Crippen LogP contribution in [-0.2, 0) is 10.0 Å². The van der Waals surface area contributed by atoms with Gasteiger partial charge in [0.1, 0.15) is 4.90 Å². The average molecular weight is 353 g/mol. The van der Waals surface area contributed by atoms with Crippen LogP contribution >= 0.6 is 27.7 Å². The molecule has 0 saturated heterocycles. The summed E-state index contributed by atoms with van der Waals surface area (Å²) in [5, 5.41) is 0. The summed E-state index contributed by atoms with van der Waals surface area (Å²) < 4.78 is 27.8. The van der Waals surface area contributed by atoms with Crippen LogP contribution in [0.3, 0.4) is 0 Å². The third kappa shape index (κ3) is 4.15. The summed E-state index contributed by atoms with van der Waals surface area (Å²) in [4.78, 5) is 0.122. The van der Waals surface area contributed by atoms with Gasteiger partial charge in [0.25, 0.3) is 0 Å². The Kier molecular flexibility index (Phi) is 5.97. The van der Waals surface area contributed by atoms with Crippen LogP contribution in [0.2, 0.25) is 0 Å². The standard InChI is InChI=1S/C11H17BrN2O2S2/c1-3-9(7-17-2)14-18(15,16)11-6-8(12)4-5-10(11)13/h4-6,9,14H,3,7,13H2,1-2H3. The van der Waals surface area contributed by atoms with Crippen molar-refractivity contribution < 1.29 is 8.42 Å². The Bertz CT molecular complexity index is 506. The Morgan fingerprint density at radius 1 is 1.50 bits per heavy atom. The highest BCUT2D eigenvalue weighted by Crippen LogP contribution is 2.23. The zero-order chi connectivity index (χ0) is 13.8. The molecule has 0 heterocycles. The highest BCUT2D eigenvalue weighted by atomic mass is 79.9. The molecule has 0 spiro atoms. The Morgan fingerprint density at radius 3 is 2.72 bits per heavy atom. The fourth-order valence-corrected chi connectivity index (χ4v) is 4.28. The summed E-state index contributed by atoms with van der Waals surface area (Å²) in [6.07, 6.45) is 2.69. The van der Waals surface area contributed by atoms with E-state index < -0.39 is 10.0 Å². The maximum atomic E-state index is 12.2. The summed E-state index contributed by atoms with van der Waals surface area (Å²) in [5.41, 5.74) is 5.98. The maximum absolute atomic E-state index is 12.2. The van der Waals surface area contributed by atoms with Gasteiger partial charge in [-0.2, -0.15) is 11.8 Å². The first kappa shape index (κ1) is 15.8. The third-order valence-corrected chi connectivity index (χ3v) is 5.25. The van der Waals surface area contributed by atoms with Crippen molar-refractivity contribution in [3.63, 3.8) is 0 Å². The minimum absolute atomic E-state index is 0.0802. The molecule has 0 radical (unpaired) electrons. The molecule has 18 heavy (non-hydrogen) atoms. The van der Waals surface area contributed by atoms with Gasteiger partial charge in [0.2, 0.25) is 10.0 Å². The van der Waals surface area contributed by atoms with Crippen LogP contribution in [-0.4, -0.2) is 26.5 Å². The van der Waals surface area contributed by atoms with Crippen molar-refractivity contribution in [1.29, 1.82) is 0 Å². The van der Waals surface area contributed by atoms with Crippen LogP contribution in [0.25, 0.3) is 0 Å². The second-order valence-corrected chi connectivity index (χ2v) is 7.37. The molecule has 0 aliphatic carbocycles. The molecule has 1 unspecified atom stereocenters. The first-order valence-corrected chi connectivity index (χ1v) is 9.14. The van der Waals surface area contributed by atoms with E-state index in [0.29, 0.717) is 4.47 Å². The molecule has 0 amide bonds. The smallest absolute Gasteiger partial charge is 0.242 e. The zero-order valence-electron chi connectivity index (χ0n) is 10.3. The van der Waals surface area contributed by atoms with Crippen molar-refractivity contribution in [2.45, 2.75) is 24.3 Å². The molecule has 1 aromatic carbocycles. The van der Waals surface area contributed by atoms with Gasteiger partial charge in [-0.05, 0) is 30.9 Å². The molecule has 0 aliphatic rings. The number of hydrogen-bond acceptors (Lipinski definition) is 4. The van der Waals surface area contributed by atoms with E-state index in [2.05, 4.69) is 20.7 Å². The largest absolute Gasteiger partial charge is 0.398 e. The molecular formula is C11H17BrN2O2S2. The molecule has 0 aromatic heterocycles. The van der Waals surface area contributed by atoms with Crippen molar-refractivity contribution in [2.75, 3.05) is 17.7 Å². The van der Waals surface area contributed by atoms with E-state index >= 15 is 0 Å². The molecule has 0 saturated carbocycles. The second-order valence-electron chi connectivity index (χ2n) is 3.86. The van der Waals surface area contributed by atoms with Gasteiger partial charge >= 0.3 is 0 Å². The number of anilines is 1. The van der Waals surface area contributed by atoms with E-state index in [1.165, 1.54) is 6.07 Å². The number of nitrogens with two attached hydrogens (primary N) is 1. The maximum Gasteiger partial charge on any atom is 0.242 e. The topological polar surface area (TPSA) is 72.2 Å². The number of thioether (sulfide) groups is 1. The van der Waals surface area contributed by atoms with Crippen LogP contribution in [0.1, 0.15) is 13.3 Å². The Morgan fingerprint density at radius 2 is 2.17 bits per heavy atom. The molecule has 1 atom stereocenters. The second kappa shape index (κ2) is 6.79. The lowest BCUT2D eigenvalue weighted by Crippen LogP contribution is -2.36. The van der Waals surface area contributed by atoms with Crippen LogP contribution in [0.5, 0.6) is 0 Å². The highest BCUT2D eigenvalue weighted by Gasteiger charge is 2.21. The predicted molar refractivity (Wildman–Crippen MR) is 81.3 cm³/mol. The first-order valence-electron chi connectivity index (χ1n) is 5.47. The number of rotatable bonds is 6. The SMILES string of the molecule is CCC(CSC)NS(=O)(=O)c1cc(Br)ccc1N. The number of halogens is 1. The lowest BCUT2D eigenvalue weighted by molar-refractivity contribution is 0.558. The molecule has 7 heteroatoms.